The van der Waals surface area contributed by atoms with Gasteiger partial charge in [-0.3, -0.25) is 9.89 Å². The van der Waals surface area contributed by atoms with Crippen molar-refractivity contribution < 1.29 is 4.79 Å². The predicted molar refractivity (Wildman–Crippen MR) is 98.8 cm³/mol. The molecule has 1 aromatic carbocycles. The highest BCUT2D eigenvalue weighted by molar-refractivity contribution is 5.94. The number of nitrogens with one attached hydrogen (secondary N) is 1. The number of rotatable bonds is 2. The number of hydrogen-bond donors (Lipinski definition) is 1. The highest BCUT2D eigenvalue weighted by atomic mass is 16.2. The van der Waals surface area contributed by atoms with Crippen LogP contribution in [-0.2, 0) is 6.54 Å². The van der Waals surface area contributed by atoms with E-state index in [1.165, 1.54) is 0 Å². The van der Waals surface area contributed by atoms with E-state index in [1.807, 2.05) is 48.0 Å². The van der Waals surface area contributed by atoms with Crippen molar-refractivity contribution in [2.75, 3.05) is 6.54 Å². The zero-order chi connectivity index (χ0) is 18.4. The Morgan fingerprint density at radius 1 is 1.11 bits per heavy atom. The topological polar surface area (TPSA) is 92.6 Å². The molecule has 3 aromatic heterocycles. The number of carbonyl (C=O) groups excluding carboxylic acids is 1. The van der Waals surface area contributed by atoms with E-state index in [0.29, 0.717) is 30.3 Å². The summed E-state index contributed by atoms with van der Waals surface area (Å²) in [6, 6.07) is 13.3. The van der Waals surface area contributed by atoms with Gasteiger partial charge in [0.15, 0.2) is 11.5 Å². The van der Waals surface area contributed by atoms with Crippen LogP contribution in [-0.4, -0.2) is 47.3 Å². The molecule has 1 atom stereocenters. The number of fused-ring (bicyclic) bond motifs is 2. The van der Waals surface area contributed by atoms with Crippen molar-refractivity contribution in [3.63, 3.8) is 0 Å². The van der Waals surface area contributed by atoms with Gasteiger partial charge in [0.25, 0.3) is 5.91 Å². The Bertz CT molecular complexity index is 1130. The summed E-state index contributed by atoms with van der Waals surface area (Å²) in [5.41, 5.74) is 1.98. The molecule has 0 spiro atoms. The molecule has 0 bridgehead atoms. The largest absolute Gasteiger partial charge is 0.325 e. The molecule has 0 aliphatic carbocycles. The minimum atomic E-state index is -0.185. The summed E-state index contributed by atoms with van der Waals surface area (Å²) in [4.78, 5) is 23.9. The van der Waals surface area contributed by atoms with Gasteiger partial charge in [0, 0.05) is 17.5 Å². The van der Waals surface area contributed by atoms with Gasteiger partial charge < -0.3 is 4.90 Å². The summed E-state index contributed by atoms with van der Waals surface area (Å²) in [5, 5.41) is 12.3. The molecule has 27 heavy (non-hydrogen) atoms. The van der Waals surface area contributed by atoms with Crippen molar-refractivity contribution in [3.8, 4) is 11.4 Å². The van der Waals surface area contributed by atoms with Crippen molar-refractivity contribution in [1.82, 2.24) is 34.8 Å². The molecule has 1 aliphatic heterocycles. The second-order valence-corrected chi connectivity index (χ2v) is 6.56. The van der Waals surface area contributed by atoms with Gasteiger partial charge in [-0.25, -0.2) is 14.6 Å². The Morgan fingerprint density at radius 3 is 2.81 bits per heavy atom. The van der Waals surface area contributed by atoms with Crippen molar-refractivity contribution in [2.24, 2.45) is 0 Å². The monoisotopic (exact) mass is 359 g/mol. The molecule has 0 fully saturated rings. The average molecular weight is 359 g/mol. The highest BCUT2D eigenvalue weighted by Crippen LogP contribution is 2.27. The molecule has 0 saturated heterocycles. The molecule has 134 valence electrons. The molecule has 1 amide bonds. The van der Waals surface area contributed by atoms with Gasteiger partial charge in [0.05, 0.1) is 18.8 Å². The van der Waals surface area contributed by atoms with E-state index < -0.39 is 0 Å². The summed E-state index contributed by atoms with van der Waals surface area (Å²) >= 11 is 0. The predicted octanol–water partition coefficient (Wildman–Crippen LogP) is 2.43. The van der Waals surface area contributed by atoms with Gasteiger partial charge in [-0.2, -0.15) is 10.2 Å². The third kappa shape index (κ3) is 2.57. The van der Waals surface area contributed by atoms with E-state index >= 15 is 0 Å². The van der Waals surface area contributed by atoms with Crippen LogP contribution in [0, 0.1) is 0 Å². The standard InChI is InChI=1S/C19H17N7O/c1-12-18-22-17(13-5-3-2-4-6-13)24-26(18)10-9-25(12)19(27)15-8-7-14-11-20-23-16(14)21-15/h2-8,11-12H,9-10H2,1H3,(H,20,21,23)/t12-/m0/s1. The normalized spacial score (nSPS) is 16.5. The summed E-state index contributed by atoms with van der Waals surface area (Å²) in [6.45, 7) is 3.14. The fraction of sp³-hybridized carbons (Fsp3) is 0.211. The molecule has 8 heteroatoms. The minimum absolute atomic E-state index is 0.116. The van der Waals surface area contributed by atoms with Crippen LogP contribution in [0.4, 0.5) is 0 Å². The van der Waals surface area contributed by atoms with Gasteiger partial charge in [-0.05, 0) is 19.1 Å². The Hall–Kier alpha value is -3.55. The summed E-state index contributed by atoms with van der Waals surface area (Å²) in [7, 11) is 0. The van der Waals surface area contributed by atoms with Gasteiger partial charge in [0.1, 0.15) is 11.5 Å². The van der Waals surface area contributed by atoms with Crippen molar-refractivity contribution in [3.05, 3.63) is 60.2 Å². The number of aromatic nitrogens is 6. The van der Waals surface area contributed by atoms with Gasteiger partial charge in [-0.15, -0.1) is 0 Å². The lowest BCUT2D eigenvalue weighted by molar-refractivity contribution is 0.0625. The number of nitrogens with zero attached hydrogens (tertiary/aromatic N) is 6. The number of H-pyrrole nitrogens is 1. The quantitative estimate of drug-likeness (QED) is 0.593. The summed E-state index contributed by atoms with van der Waals surface area (Å²) in [6.07, 6.45) is 1.69. The Labute approximate surface area is 154 Å². The number of benzene rings is 1. The molecule has 0 unspecified atom stereocenters. The number of pyridine rings is 1. The smallest absolute Gasteiger partial charge is 0.273 e. The fourth-order valence-corrected chi connectivity index (χ4v) is 3.44. The van der Waals surface area contributed by atoms with Crippen LogP contribution < -0.4 is 0 Å². The first-order chi connectivity index (χ1) is 13.2. The van der Waals surface area contributed by atoms with Gasteiger partial charge >= 0.3 is 0 Å². The van der Waals surface area contributed by atoms with Gasteiger partial charge in [-0.1, -0.05) is 30.3 Å². The van der Waals surface area contributed by atoms with Crippen LogP contribution in [0.1, 0.15) is 29.3 Å². The van der Waals surface area contributed by atoms with Crippen LogP contribution in [0.15, 0.2) is 48.7 Å². The third-order valence-corrected chi connectivity index (χ3v) is 4.91. The maximum atomic E-state index is 13.0. The van der Waals surface area contributed by atoms with Crippen molar-refractivity contribution in [2.45, 2.75) is 19.5 Å². The van der Waals surface area contributed by atoms with Crippen LogP contribution >= 0.6 is 0 Å². The number of amides is 1. The van der Waals surface area contributed by atoms with Crippen molar-refractivity contribution in [1.29, 1.82) is 0 Å². The fourth-order valence-electron chi connectivity index (χ4n) is 3.44. The van der Waals surface area contributed by atoms with E-state index in [0.717, 1.165) is 16.8 Å². The maximum Gasteiger partial charge on any atom is 0.273 e. The Balaban J connectivity index is 1.46. The molecule has 1 N–H and O–H groups in total. The molecule has 0 radical (unpaired) electrons. The SMILES string of the molecule is C[C@H]1c2nc(-c3ccccc3)nn2CCN1C(=O)c1ccc2cn[nH]c2n1. The molecule has 0 saturated carbocycles. The second-order valence-electron chi connectivity index (χ2n) is 6.56. The molecular formula is C19H17N7O. The van der Waals surface area contributed by atoms with E-state index in [9.17, 15) is 4.79 Å². The minimum Gasteiger partial charge on any atom is -0.325 e. The summed E-state index contributed by atoms with van der Waals surface area (Å²) in [5.74, 6) is 1.36. The number of hydrogen-bond acceptors (Lipinski definition) is 5. The first-order valence-electron chi connectivity index (χ1n) is 8.82. The van der Waals surface area contributed by atoms with E-state index in [2.05, 4.69) is 20.3 Å². The van der Waals surface area contributed by atoms with Crippen LogP contribution in [0.3, 0.4) is 0 Å². The number of aromatic amines is 1. The molecule has 8 nitrogen and oxygen atoms in total. The lowest BCUT2D eigenvalue weighted by Gasteiger charge is -2.32. The first-order valence-corrected chi connectivity index (χ1v) is 8.82. The maximum absolute atomic E-state index is 13.0. The van der Waals surface area contributed by atoms with E-state index in [4.69, 9.17) is 4.98 Å². The van der Waals surface area contributed by atoms with Crippen LogP contribution in [0.25, 0.3) is 22.4 Å². The average Bonchev–Trinajstić information content (AvgIpc) is 3.35. The third-order valence-electron chi connectivity index (χ3n) is 4.91. The number of carbonyl (C=O) groups is 1. The lowest BCUT2D eigenvalue weighted by Crippen LogP contribution is -2.41. The zero-order valence-electron chi connectivity index (χ0n) is 14.7. The molecule has 5 rings (SSSR count). The van der Waals surface area contributed by atoms with Crippen LogP contribution in [0.5, 0.6) is 0 Å². The first kappa shape index (κ1) is 15.7. The molecule has 1 aliphatic rings. The summed E-state index contributed by atoms with van der Waals surface area (Å²) < 4.78 is 1.89. The Kier molecular flexibility index (Phi) is 3.49. The van der Waals surface area contributed by atoms with Crippen molar-refractivity contribution >= 4 is 16.9 Å². The van der Waals surface area contributed by atoms with Crippen LogP contribution in [0.2, 0.25) is 0 Å². The van der Waals surface area contributed by atoms with E-state index in [-0.39, 0.29) is 11.9 Å². The molecule has 4 aromatic rings. The Morgan fingerprint density at radius 2 is 1.96 bits per heavy atom. The molecule has 4 heterocycles. The highest BCUT2D eigenvalue weighted by Gasteiger charge is 2.32. The van der Waals surface area contributed by atoms with E-state index in [1.54, 1.807) is 17.2 Å². The molecular weight excluding hydrogens is 342 g/mol. The zero-order valence-corrected chi connectivity index (χ0v) is 14.7. The second kappa shape index (κ2) is 6.01. The van der Waals surface area contributed by atoms with Gasteiger partial charge in [0.2, 0.25) is 0 Å². The lowest BCUT2D eigenvalue weighted by atomic mass is 10.2.